The Labute approximate surface area is 213 Å². The van der Waals surface area contributed by atoms with Gasteiger partial charge in [0.25, 0.3) is 0 Å². The van der Waals surface area contributed by atoms with E-state index < -0.39 is 11.7 Å². The minimum atomic E-state index is -0.960. The third-order valence-corrected chi connectivity index (χ3v) is 6.36. The third-order valence-electron chi connectivity index (χ3n) is 6.36. The highest BCUT2D eigenvalue weighted by molar-refractivity contribution is 5.67. The lowest BCUT2D eigenvalue weighted by atomic mass is 10.1. The fourth-order valence-corrected chi connectivity index (χ4v) is 4.25. The van der Waals surface area contributed by atoms with Crippen LogP contribution in [-0.2, 0) is 0 Å². The van der Waals surface area contributed by atoms with Crippen molar-refractivity contribution in [3.8, 4) is 34.1 Å². The first-order chi connectivity index (χ1) is 17.9. The van der Waals surface area contributed by atoms with Crippen LogP contribution in [0.4, 0.5) is 10.5 Å². The molecule has 2 N–H and O–H groups in total. The number of ether oxygens (including phenoxy) is 1. The monoisotopic (exact) mass is 498 g/mol. The molecule has 1 saturated heterocycles. The Morgan fingerprint density at radius 2 is 1.46 bits per heavy atom. The van der Waals surface area contributed by atoms with E-state index >= 15 is 0 Å². The van der Waals surface area contributed by atoms with E-state index in [0.717, 1.165) is 16.7 Å². The Balaban J connectivity index is 1.49. The molecule has 9 heteroatoms. The van der Waals surface area contributed by atoms with Gasteiger partial charge < -0.3 is 24.7 Å². The number of piperazine rings is 1. The number of amides is 1. The van der Waals surface area contributed by atoms with Crippen LogP contribution in [0.1, 0.15) is 5.56 Å². The van der Waals surface area contributed by atoms with Crippen LogP contribution in [0, 0.1) is 6.92 Å². The molecule has 1 aromatic heterocycles. The fourth-order valence-electron chi connectivity index (χ4n) is 4.25. The number of benzene rings is 3. The lowest BCUT2D eigenvalue weighted by molar-refractivity contribution is 0.142. The summed E-state index contributed by atoms with van der Waals surface area (Å²) in [6.07, 6.45) is 0.635. The van der Waals surface area contributed by atoms with Crippen LogP contribution in [0.25, 0.3) is 16.8 Å². The first kappa shape index (κ1) is 23.9. The highest BCUT2D eigenvalue weighted by atomic mass is 16.5. The summed E-state index contributed by atoms with van der Waals surface area (Å²) in [7, 11) is 0. The molecule has 4 aromatic rings. The number of aryl methyl sites for hydroxylation is 1. The van der Waals surface area contributed by atoms with Gasteiger partial charge in [0.1, 0.15) is 17.2 Å². The highest BCUT2D eigenvalue weighted by Crippen LogP contribution is 2.31. The molecule has 0 atom stereocenters. The smallest absolute Gasteiger partial charge is 0.407 e. The molecule has 188 valence electrons. The van der Waals surface area contributed by atoms with Gasteiger partial charge in [0.05, 0.1) is 11.9 Å². The van der Waals surface area contributed by atoms with Crippen molar-refractivity contribution in [3.63, 3.8) is 0 Å². The summed E-state index contributed by atoms with van der Waals surface area (Å²) in [5.74, 6) is 0.798. The Morgan fingerprint density at radius 3 is 2.05 bits per heavy atom. The number of aromatic nitrogens is 2. The zero-order valence-corrected chi connectivity index (χ0v) is 20.2. The van der Waals surface area contributed by atoms with Crippen LogP contribution in [0.2, 0.25) is 0 Å². The third kappa shape index (κ3) is 5.11. The molecular weight excluding hydrogens is 472 g/mol. The van der Waals surface area contributed by atoms with Gasteiger partial charge in [-0.2, -0.15) is 9.78 Å². The number of rotatable bonds is 5. The molecule has 0 saturated carbocycles. The topological polar surface area (TPSA) is 108 Å². The van der Waals surface area contributed by atoms with Crippen molar-refractivity contribution in [1.82, 2.24) is 14.7 Å². The maximum Gasteiger partial charge on any atom is 0.407 e. The van der Waals surface area contributed by atoms with E-state index in [2.05, 4.69) is 5.10 Å². The number of carbonyl (C=O) groups is 1. The van der Waals surface area contributed by atoms with Crippen LogP contribution >= 0.6 is 0 Å². The van der Waals surface area contributed by atoms with Gasteiger partial charge in [-0.25, -0.2) is 4.79 Å². The van der Waals surface area contributed by atoms with Crippen molar-refractivity contribution in [2.75, 3.05) is 31.1 Å². The van der Waals surface area contributed by atoms with Crippen LogP contribution in [0.3, 0.4) is 0 Å². The molecule has 5 rings (SSSR count). The standard InChI is InChI=1S/C28H26N4O5/c1-19-2-8-22(9-3-19)32-27(34)26(25(18-29-32)30-14-16-31(17-15-30)28(35)36)37-24-12-6-21(7-13-24)20-4-10-23(33)11-5-20/h2-13,18,33H,14-17H2,1H3,(H,35,36). The van der Waals surface area contributed by atoms with E-state index in [0.29, 0.717) is 43.3 Å². The van der Waals surface area contributed by atoms with E-state index in [-0.39, 0.29) is 11.5 Å². The van der Waals surface area contributed by atoms with E-state index in [1.807, 2.05) is 60.4 Å². The molecule has 0 spiro atoms. The number of phenols is 1. The normalized spacial score (nSPS) is 13.4. The van der Waals surface area contributed by atoms with Gasteiger partial charge in [-0.3, -0.25) is 4.79 Å². The van der Waals surface area contributed by atoms with Crippen LogP contribution in [-0.4, -0.2) is 57.2 Å². The summed E-state index contributed by atoms with van der Waals surface area (Å²) in [5, 5.41) is 23.2. The van der Waals surface area contributed by atoms with Crippen LogP contribution in [0.5, 0.6) is 17.2 Å². The highest BCUT2D eigenvalue weighted by Gasteiger charge is 2.25. The minimum absolute atomic E-state index is 0.122. The molecular formula is C28H26N4O5. The Bertz CT molecular complexity index is 1460. The first-order valence-corrected chi connectivity index (χ1v) is 11.9. The van der Waals surface area contributed by atoms with Crippen molar-refractivity contribution in [2.24, 2.45) is 0 Å². The van der Waals surface area contributed by atoms with E-state index in [1.165, 1.54) is 9.58 Å². The summed E-state index contributed by atoms with van der Waals surface area (Å²) in [6.45, 7) is 3.43. The second-order valence-corrected chi connectivity index (χ2v) is 8.84. The SMILES string of the molecule is Cc1ccc(-n2ncc(N3CCN(C(=O)O)CC3)c(Oc3ccc(-c4ccc(O)cc4)cc3)c2=O)cc1. The molecule has 3 aromatic carbocycles. The second kappa shape index (κ2) is 10.1. The number of carboxylic acid groups (broad SMARTS) is 1. The number of aromatic hydroxyl groups is 1. The van der Waals surface area contributed by atoms with Crippen molar-refractivity contribution < 1.29 is 19.7 Å². The number of anilines is 1. The predicted molar refractivity (Wildman–Crippen MR) is 140 cm³/mol. The van der Waals surface area contributed by atoms with Gasteiger partial charge in [0.2, 0.25) is 5.75 Å². The van der Waals surface area contributed by atoms with Crippen LogP contribution < -0.4 is 15.2 Å². The minimum Gasteiger partial charge on any atom is -0.508 e. The number of hydrogen-bond acceptors (Lipinski definition) is 6. The van der Waals surface area contributed by atoms with Gasteiger partial charge in [-0.1, -0.05) is 42.0 Å². The van der Waals surface area contributed by atoms with Gasteiger partial charge in [-0.05, 0) is 54.4 Å². The van der Waals surface area contributed by atoms with E-state index in [4.69, 9.17) is 4.74 Å². The molecule has 1 fully saturated rings. The summed E-state index contributed by atoms with van der Waals surface area (Å²) in [6, 6.07) is 21.7. The second-order valence-electron chi connectivity index (χ2n) is 8.84. The summed E-state index contributed by atoms with van der Waals surface area (Å²) in [4.78, 5) is 28.2. The quantitative estimate of drug-likeness (QED) is 0.417. The number of phenolic OH excluding ortho intramolecular Hbond substituents is 1. The zero-order valence-electron chi connectivity index (χ0n) is 20.2. The van der Waals surface area contributed by atoms with E-state index in [1.54, 1.807) is 30.5 Å². The van der Waals surface area contributed by atoms with Gasteiger partial charge in [0.15, 0.2) is 0 Å². The summed E-state index contributed by atoms with van der Waals surface area (Å²) < 4.78 is 7.48. The van der Waals surface area contributed by atoms with Crippen molar-refractivity contribution in [1.29, 1.82) is 0 Å². The zero-order chi connectivity index (χ0) is 25.9. The molecule has 0 bridgehead atoms. The summed E-state index contributed by atoms with van der Waals surface area (Å²) >= 11 is 0. The van der Waals surface area contributed by atoms with Crippen molar-refractivity contribution in [3.05, 3.63) is 94.9 Å². The van der Waals surface area contributed by atoms with Crippen molar-refractivity contribution >= 4 is 11.8 Å². The predicted octanol–water partition coefficient (Wildman–Crippen LogP) is 4.51. The molecule has 0 unspecified atom stereocenters. The van der Waals surface area contributed by atoms with Crippen molar-refractivity contribution in [2.45, 2.75) is 6.92 Å². The Morgan fingerprint density at radius 1 is 0.865 bits per heavy atom. The maximum absolute atomic E-state index is 13.6. The molecule has 9 nitrogen and oxygen atoms in total. The van der Waals surface area contributed by atoms with E-state index in [9.17, 15) is 19.8 Å². The lowest BCUT2D eigenvalue weighted by Gasteiger charge is -2.34. The summed E-state index contributed by atoms with van der Waals surface area (Å²) in [5.41, 5.74) is 3.65. The first-order valence-electron chi connectivity index (χ1n) is 11.9. The maximum atomic E-state index is 13.6. The largest absolute Gasteiger partial charge is 0.508 e. The lowest BCUT2D eigenvalue weighted by Crippen LogP contribution is -2.48. The molecule has 1 amide bonds. The van der Waals surface area contributed by atoms with Gasteiger partial charge in [-0.15, -0.1) is 0 Å². The molecule has 1 aliphatic heterocycles. The molecule has 2 heterocycles. The van der Waals surface area contributed by atoms with Crippen LogP contribution in [0.15, 0.2) is 83.8 Å². The molecule has 0 aliphatic carbocycles. The average Bonchev–Trinajstić information content (AvgIpc) is 2.91. The Hall–Kier alpha value is -4.79. The number of nitrogens with zero attached hydrogens (tertiary/aromatic N) is 4. The molecule has 1 aliphatic rings. The fraction of sp³-hybridized carbons (Fsp3) is 0.179. The Kier molecular flexibility index (Phi) is 6.51. The average molecular weight is 499 g/mol. The molecule has 0 radical (unpaired) electrons. The van der Waals surface area contributed by atoms with Gasteiger partial charge >= 0.3 is 11.7 Å². The molecule has 37 heavy (non-hydrogen) atoms. The van der Waals surface area contributed by atoms with Gasteiger partial charge in [0, 0.05) is 26.2 Å². The number of hydrogen-bond donors (Lipinski definition) is 2.